The van der Waals surface area contributed by atoms with Crippen LogP contribution in [0.1, 0.15) is 43.4 Å². The summed E-state index contributed by atoms with van der Waals surface area (Å²) in [6, 6.07) is 1.98. The SMILES string of the molecule is Cc1csc(Nc2cc([C@@H]3CCN(C(=O)C(C)C)C3)nc(C)n2)n1. The summed E-state index contributed by atoms with van der Waals surface area (Å²) in [5.41, 5.74) is 1.99. The molecule has 0 aromatic carbocycles. The molecule has 0 unspecified atom stereocenters. The van der Waals surface area contributed by atoms with Crippen molar-refractivity contribution in [3.05, 3.63) is 28.7 Å². The number of hydrogen-bond acceptors (Lipinski definition) is 6. The van der Waals surface area contributed by atoms with Crippen molar-refractivity contribution in [3.63, 3.8) is 0 Å². The molecule has 1 atom stereocenters. The number of nitrogens with one attached hydrogen (secondary N) is 1. The lowest BCUT2D eigenvalue weighted by atomic mass is 10.0. The second-order valence-corrected chi connectivity index (χ2v) is 7.43. The van der Waals surface area contributed by atoms with Crippen LogP contribution in [-0.2, 0) is 4.79 Å². The van der Waals surface area contributed by atoms with E-state index in [1.807, 2.05) is 44.0 Å². The van der Waals surface area contributed by atoms with Gasteiger partial charge in [0.25, 0.3) is 0 Å². The molecule has 0 bridgehead atoms. The molecule has 6 nitrogen and oxygen atoms in total. The molecule has 1 saturated heterocycles. The topological polar surface area (TPSA) is 71.0 Å². The second-order valence-electron chi connectivity index (χ2n) is 6.57. The molecule has 1 N–H and O–H groups in total. The van der Waals surface area contributed by atoms with Crippen LogP contribution >= 0.6 is 11.3 Å². The molecule has 128 valence electrons. The van der Waals surface area contributed by atoms with Gasteiger partial charge in [0.1, 0.15) is 11.6 Å². The monoisotopic (exact) mass is 345 g/mol. The van der Waals surface area contributed by atoms with Gasteiger partial charge in [0, 0.05) is 36.4 Å². The molecular formula is C17H23N5OS. The van der Waals surface area contributed by atoms with Crippen LogP contribution in [0.4, 0.5) is 10.9 Å². The number of aryl methyl sites for hydroxylation is 2. The van der Waals surface area contributed by atoms with Crippen molar-refractivity contribution < 1.29 is 4.79 Å². The number of hydrogen-bond donors (Lipinski definition) is 1. The fourth-order valence-corrected chi connectivity index (χ4v) is 3.65. The Kier molecular flexibility index (Phi) is 4.80. The van der Waals surface area contributed by atoms with Crippen LogP contribution in [-0.4, -0.2) is 38.8 Å². The van der Waals surface area contributed by atoms with Gasteiger partial charge in [-0.1, -0.05) is 13.8 Å². The maximum atomic E-state index is 12.2. The van der Waals surface area contributed by atoms with Crippen molar-refractivity contribution in [2.75, 3.05) is 18.4 Å². The highest BCUT2D eigenvalue weighted by Gasteiger charge is 2.29. The summed E-state index contributed by atoms with van der Waals surface area (Å²) in [4.78, 5) is 27.6. The van der Waals surface area contributed by atoms with E-state index in [1.165, 1.54) is 0 Å². The Hall–Kier alpha value is -2.02. The van der Waals surface area contributed by atoms with E-state index in [4.69, 9.17) is 0 Å². The van der Waals surface area contributed by atoms with Crippen LogP contribution < -0.4 is 5.32 Å². The average molecular weight is 345 g/mol. The number of carbonyl (C=O) groups is 1. The lowest BCUT2D eigenvalue weighted by Crippen LogP contribution is -2.32. The molecule has 1 fully saturated rings. The predicted molar refractivity (Wildman–Crippen MR) is 95.7 cm³/mol. The number of thiazole rings is 1. The van der Waals surface area contributed by atoms with E-state index in [2.05, 4.69) is 20.3 Å². The van der Waals surface area contributed by atoms with Gasteiger partial charge in [-0.05, 0) is 20.3 Å². The molecule has 0 radical (unpaired) electrons. The van der Waals surface area contributed by atoms with Gasteiger partial charge in [-0.25, -0.2) is 15.0 Å². The molecule has 3 heterocycles. The van der Waals surface area contributed by atoms with Crippen LogP contribution in [0.15, 0.2) is 11.4 Å². The first-order valence-corrected chi connectivity index (χ1v) is 9.14. The summed E-state index contributed by atoms with van der Waals surface area (Å²) in [5, 5.41) is 6.09. The lowest BCUT2D eigenvalue weighted by Gasteiger charge is -2.18. The van der Waals surface area contributed by atoms with Crippen molar-refractivity contribution >= 4 is 28.2 Å². The quantitative estimate of drug-likeness (QED) is 0.921. The van der Waals surface area contributed by atoms with Gasteiger partial charge in [-0.2, -0.15) is 0 Å². The van der Waals surface area contributed by atoms with Crippen LogP contribution in [0.25, 0.3) is 0 Å². The zero-order chi connectivity index (χ0) is 17.3. The van der Waals surface area contributed by atoms with E-state index in [0.29, 0.717) is 0 Å². The second kappa shape index (κ2) is 6.84. The molecular weight excluding hydrogens is 322 g/mol. The van der Waals surface area contributed by atoms with Gasteiger partial charge in [-0.3, -0.25) is 4.79 Å². The van der Waals surface area contributed by atoms with Gasteiger partial charge in [0.2, 0.25) is 5.91 Å². The Morgan fingerprint density at radius 3 is 2.79 bits per heavy atom. The summed E-state index contributed by atoms with van der Waals surface area (Å²) in [6.45, 7) is 9.30. The molecule has 0 aliphatic carbocycles. The lowest BCUT2D eigenvalue weighted by molar-refractivity contribution is -0.133. The first kappa shape index (κ1) is 16.8. The van der Waals surface area contributed by atoms with E-state index in [-0.39, 0.29) is 17.7 Å². The van der Waals surface area contributed by atoms with E-state index < -0.39 is 0 Å². The van der Waals surface area contributed by atoms with Crippen molar-refractivity contribution in [2.45, 2.75) is 40.0 Å². The van der Waals surface area contributed by atoms with E-state index in [0.717, 1.165) is 47.7 Å². The van der Waals surface area contributed by atoms with Gasteiger partial charge in [0.15, 0.2) is 5.13 Å². The minimum Gasteiger partial charge on any atom is -0.342 e. The third-order valence-electron chi connectivity index (χ3n) is 4.12. The van der Waals surface area contributed by atoms with E-state index in [9.17, 15) is 4.79 Å². The average Bonchev–Trinajstić information content (AvgIpc) is 3.15. The fraction of sp³-hybridized carbons (Fsp3) is 0.529. The summed E-state index contributed by atoms with van der Waals surface area (Å²) < 4.78 is 0. The maximum absolute atomic E-state index is 12.2. The molecule has 1 aliphatic rings. The zero-order valence-corrected chi connectivity index (χ0v) is 15.4. The number of amides is 1. The number of rotatable bonds is 4. The maximum Gasteiger partial charge on any atom is 0.225 e. The molecule has 2 aromatic heterocycles. The molecule has 3 rings (SSSR count). The van der Waals surface area contributed by atoms with E-state index in [1.54, 1.807) is 11.3 Å². The van der Waals surface area contributed by atoms with Gasteiger partial charge < -0.3 is 10.2 Å². The van der Waals surface area contributed by atoms with Crippen molar-refractivity contribution in [1.29, 1.82) is 0 Å². The van der Waals surface area contributed by atoms with Gasteiger partial charge in [0.05, 0.1) is 11.4 Å². The smallest absolute Gasteiger partial charge is 0.225 e. The zero-order valence-electron chi connectivity index (χ0n) is 14.5. The largest absolute Gasteiger partial charge is 0.342 e. The molecule has 2 aromatic rings. The highest BCUT2D eigenvalue weighted by Crippen LogP contribution is 2.29. The number of aromatic nitrogens is 3. The number of carbonyl (C=O) groups excluding carboxylic acids is 1. The highest BCUT2D eigenvalue weighted by atomic mass is 32.1. The summed E-state index contributed by atoms with van der Waals surface area (Å²) in [5.74, 6) is 2.03. The summed E-state index contributed by atoms with van der Waals surface area (Å²) >= 11 is 1.56. The standard InChI is InChI=1S/C17H23N5OS/c1-10(2)16(23)22-6-5-13(8-22)14-7-15(20-12(4)19-14)21-17-18-11(3)9-24-17/h7,9-10,13H,5-6,8H2,1-4H3,(H,18,19,20,21)/t13-/m1/s1. The third kappa shape index (κ3) is 3.72. The van der Waals surface area contributed by atoms with Crippen molar-refractivity contribution in [3.8, 4) is 0 Å². The van der Waals surface area contributed by atoms with Crippen LogP contribution in [0.5, 0.6) is 0 Å². The Morgan fingerprint density at radius 2 is 2.12 bits per heavy atom. The highest BCUT2D eigenvalue weighted by molar-refractivity contribution is 7.13. The Balaban J connectivity index is 1.76. The van der Waals surface area contributed by atoms with Gasteiger partial charge >= 0.3 is 0 Å². The predicted octanol–water partition coefficient (Wildman–Crippen LogP) is 3.27. The van der Waals surface area contributed by atoms with Crippen molar-refractivity contribution in [2.24, 2.45) is 5.92 Å². The fourth-order valence-electron chi connectivity index (χ4n) is 2.95. The number of anilines is 2. The van der Waals surface area contributed by atoms with Gasteiger partial charge in [-0.15, -0.1) is 11.3 Å². The van der Waals surface area contributed by atoms with Crippen LogP contribution in [0, 0.1) is 19.8 Å². The molecule has 0 spiro atoms. The van der Waals surface area contributed by atoms with Crippen LogP contribution in [0.2, 0.25) is 0 Å². The van der Waals surface area contributed by atoms with Crippen molar-refractivity contribution in [1.82, 2.24) is 19.9 Å². The minimum absolute atomic E-state index is 0.0428. The first-order valence-electron chi connectivity index (χ1n) is 8.26. The number of likely N-dealkylation sites (tertiary alicyclic amines) is 1. The molecule has 7 heteroatoms. The van der Waals surface area contributed by atoms with Crippen LogP contribution in [0.3, 0.4) is 0 Å². The summed E-state index contributed by atoms with van der Waals surface area (Å²) in [7, 11) is 0. The minimum atomic E-state index is 0.0428. The van der Waals surface area contributed by atoms with E-state index >= 15 is 0 Å². The Bertz CT molecular complexity index is 742. The first-order chi connectivity index (χ1) is 11.4. The molecule has 0 saturated carbocycles. The molecule has 24 heavy (non-hydrogen) atoms. The molecule has 1 aliphatic heterocycles. The Morgan fingerprint density at radius 1 is 1.33 bits per heavy atom. The number of nitrogens with zero attached hydrogens (tertiary/aromatic N) is 4. The Labute approximate surface area is 146 Å². The summed E-state index contributed by atoms with van der Waals surface area (Å²) in [6.07, 6.45) is 0.949. The molecule has 1 amide bonds. The normalized spacial score (nSPS) is 17.5. The third-order valence-corrected chi connectivity index (χ3v) is 5.00.